The summed E-state index contributed by atoms with van der Waals surface area (Å²) in [6.45, 7) is 0.997. The highest BCUT2D eigenvalue weighted by Crippen LogP contribution is 2.40. The molecule has 1 aliphatic heterocycles. The first-order chi connectivity index (χ1) is 10.1. The van der Waals surface area contributed by atoms with Gasteiger partial charge < -0.3 is 14.6 Å². The number of rotatable bonds is 3. The Morgan fingerprint density at radius 2 is 1.86 bits per heavy atom. The van der Waals surface area contributed by atoms with Gasteiger partial charge in [0.1, 0.15) is 13.2 Å². The third-order valence-corrected chi connectivity index (χ3v) is 4.35. The Bertz CT molecular complexity index is 643. The lowest BCUT2D eigenvalue weighted by atomic mass is 10.0. The first-order valence-corrected chi connectivity index (χ1v) is 8.11. The first-order valence-electron chi connectivity index (χ1n) is 6.65. The molecule has 1 aliphatic rings. The van der Waals surface area contributed by atoms with Gasteiger partial charge in [0.15, 0.2) is 11.5 Å². The van der Waals surface area contributed by atoms with E-state index in [9.17, 15) is 5.11 Å². The van der Waals surface area contributed by atoms with Gasteiger partial charge in [0.05, 0.1) is 11.1 Å². The van der Waals surface area contributed by atoms with Gasteiger partial charge in [-0.3, -0.25) is 0 Å². The quantitative estimate of drug-likeness (QED) is 0.769. The van der Waals surface area contributed by atoms with Crippen LogP contribution in [0.3, 0.4) is 0 Å². The molecule has 1 unspecified atom stereocenters. The van der Waals surface area contributed by atoms with Crippen LogP contribution in [0.25, 0.3) is 0 Å². The standard InChI is InChI=1S/C16H14ClIO3/c17-13-8-11(9-15-16(13)21-6-5-20-15)14(19)7-10-1-3-12(18)4-2-10/h1-4,8-9,14,19H,5-7H2. The van der Waals surface area contributed by atoms with Crippen molar-refractivity contribution in [2.24, 2.45) is 0 Å². The maximum atomic E-state index is 10.4. The van der Waals surface area contributed by atoms with Gasteiger partial charge in [-0.05, 0) is 58.0 Å². The molecule has 0 saturated heterocycles. The van der Waals surface area contributed by atoms with E-state index in [-0.39, 0.29) is 0 Å². The van der Waals surface area contributed by atoms with Gasteiger partial charge in [-0.25, -0.2) is 0 Å². The molecule has 0 fully saturated rings. The van der Waals surface area contributed by atoms with E-state index >= 15 is 0 Å². The molecule has 1 heterocycles. The van der Waals surface area contributed by atoms with Gasteiger partial charge in [-0.2, -0.15) is 0 Å². The smallest absolute Gasteiger partial charge is 0.179 e. The average Bonchev–Trinajstić information content (AvgIpc) is 2.49. The molecule has 21 heavy (non-hydrogen) atoms. The lowest BCUT2D eigenvalue weighted by molar-refractivity contribution is 0.164. The molecule has 3 rings (SSSR count). The van der Waals surface area contributed by atoms with Gasteiger partial charge in [-0.1, -0.05) is 23.7 Å². The van der Waals surface area contributed by atoms with Crippen molar-refractivity contribution >= 4 is 34.2 Å². The van der Waals surface area contributed by atoms with E-state index in [4.69, 9.17) is 21.1 Å². The summed E-state index contributed by atoms with van der Waals surface area (Å²) >= 11 is 8.46. The van der Waals surface area contributed by atoms with Crippen LogP contribution in [0.15, 0.2) is 36.4 Å². The van der Waals surface area contributed by atoms with Crippen LogP contribution in [0.2, 0.25) is 5.02 Å². The van der Waals surface area contributed by atoms with Crippen molar-refractivity contribution in [3.63, 3.8) is 0 Å². The molecule has 1 atom stereocenters. The second-order valence-corrected chi connectivity index (χ2v) is 6.53. The van der Waals surface area contributed by atoms with E-state index in [1.165, 1.54) is 3.57 Å². The minimum Gasteiger partial charge on any atom is -0.486 e. The minimum absolute atomic E-state index is 0.476. The number of fused-ring (bicyclic) bond motifs is 1. The van der Waals surface area contributed by atoms with Crippen LogP contribution >= 0.6 is 34.2 Å². The molecule has 5 heteroatoms. The van der Waals surface area contributed by atoms with Crippen molar-refractivity contribution in [2.45, 2.75) is 12.5 Å². The SMILES string of the molecule is OC(Cc1ccc(I)cc1)c1cc(Cl)c2c(c1)OCCO2. The zero-order chi connectivity index (χ0) is 14.8. The van der Waals surface area contributed by atoms with Crippen LogP contribution in [0, 0.1) is 3.57 Å². The van der Waals surface area contributed by atoms with Crippen molar-refractivity contribution in [3.8, 4) is 11.5 Å². The number of aliphatic hydroxyl groups is 1. The Kier molecular flexibility index (Phi) is 4.57. The number of hydrogen-bond donors (Lipinski definition) is 1. The van der Waals surface area contributed by atoms with Crippen LogP contribution in [0.5, 0.6) is 11.5 Å². The fourth-order valence-corrected chi connectivity index (χ4v) is 2.92. The van der Waals surface area contributed by atoms with Crippen LogP contribution in [-0.2, 0) is 6.42 Å². The molecule has 110 valence electrons. The molecule has 0 bridgehead atoms. The van der Waals surface area contributed by atoms with Gasteiger partial charge in [0.2, 0.25) is 0 Å². The number of benzene rings is 2. The molecule has 0 saturated carbocycles. The third-order valence-electron chi connectivity index (χ3n) is 3.35. The maximum Gasteiger partial charge on any atom is 0.179 e. The lowest BCUT2D eigenvalue weighted by Gasteiger charge is -2.21. The van der Waals surface area contributed by atoms with Crippen LogP contribution < -0.4 is 9.47 Å². The average molecular weight is 417 g/mol. The molecule has 0 spiro atoms. The Morgan fingerprint density at radius 3 is 2.62 bits per heavy atom. The molecule has 0 radical (unpaired) electrons. The second-order valence-electron chi connectivity index (χ2n) is 4.87. The molecule has 3 nitrogen and oxygen atoms in total. The summed E-state index contributed by atoms with van der Waals surface area (Å²) in [6.07, 6.45) is -0.0919. The van der Waals surface area contributed by atoms with E-state index < -0.39 is 6.10 Å². The van der Waals surface area contributed by atoms with Crippen molar-refractivity contribution < 1.29 is 14.6 Å². The molecular formula is C16H14ClIO3. The number of hydrogen-bond acceptors (Lipinski definition) is 3. The highest BCUT2D eigenvalue weighted by Gasteiger charge is 2.19. The summed E-state index contributed by atoms with van der Waals surface area (Å²) in [4.78, 5) is 0. The molecular weight excluding hydrogens is 403 g/mol. The number of halogens is 2. The zero-order valence-corrected chi connectivity index (χ0v) is 14.1. The Morgan fingerprint density at radius 1 is 1.14 bits per heavy atom. The minimum atomic E-state index is -0.626. The second kappa shape index (κ2) is 6.42. The lowest BCUT2D eigenvalue weighted by Crippen LogP contribution is -2.16. The third kappa shape index (κ3) is 3.44. The molecule has 1 N–H and O–H groups in total. The summed E-state index contributed by atoms with van der Waals surface area (Å²) in [5.41, 5.74) is 1.82. The van der Waals surface area contributed by atoms with Crippen molar-refractivity contribution in [3.05, 3.63) is 56.1 Å². The van der Waals surface area contributed by atoms with E-state index in [2.05, 4.69) is 22.6 Å². The predicted octanol–water partition coefficient (Wildman–Crippen LogP) is 3.99. The molecule has 0 aromatic heterocycles. The van der Waals surface area contributed by atoms with E-state index in [0.717, 1.165) is 11.1 Å². The highest BCUT2D eigenvalue weighted by atomic mass is 127. The van der Waals surface area contributed by atoms with Crippen molar-refractivity contribution in [1.29, 1.82) is 0 Å². The molecule has 2 aromatic rings. The van der Waals surface area contributed by atoms with E-state index in [0.29, 0.717) is 36.2 Å². The number of ether oxygens (including phenoxy) is 2. The monoisotopic (exact) mass is 416 g/mol. The summed E-state index contributed by atoms with van der Waals surface area (Å²) in [7, 11) is 0. The Balaban J connectivity index is 1.82. The summed E-state index contributed by atoms with van der Waals surface area (Å²) in [5, 5.41) is 10.9. The van der Waals surface area contributed by atoms with Gasteiger partial charge in [0.25, 0.3) is 0 Å². The van der Waals surface area contributed by atoms with Crippen LogP contribution in [0.1, 0.15) is 17.2 Å². The van der Waals surface area contributed by atoms with Crippen LogP contribution in [0.4, 0.5) is 0 Å². The first kappa shape index (κ1) is 14.9. The van der Waals surface area contributed by atoms with E-state index in [1.54, 1.807) is 12.1 Å². The fourth-order valence-electron chi connectivity index (χ4n) is 2.28. The fraction of sp³-hybridized carbons (Fsp3) is 0.250. The molecule has 0 amide bonds. The zero-order valence-electron chi connectivity index (χ0n) is 11.2. The Labute approximate surface area is 142 Å². The van der Waals surface area contributed by atoms with Crippen LogP contribution in [-0.4, -0.2) is 18.3 Å². The maximum absolute atomic E-state index is 10.4. The largest absolute Gasteiger partial charge is 0.486 e. The van der Waals surface area contributed by atoms with Gasteiger partial charge in [-0.15, -0.1) is 0 Å². The summed E-state index contributed by atoms with van der Waals surface area (Å²) in [6, 6.07) is 11.6. The predicted molar refractivity (Wildman–Crippen MR) is 90.3 cm³/mol. The van der Waals surface area contributed by atoms with Gasteiger partial charge in [0, 0.05) is 9.99 Å². The van der Waals surface area contributed by atoms with E-state index in [1.807, 2.05) is 24.3 Å². The number of aliphatic hydroxyl groups excluding tert-OH is 1. The topological polar surface area (TPSA) is 38.7 Å². The Hall–Kier alpha value is -0.980. The van der Waals surface area contributed by atoms with Gasteiger partial charge >= 0.3 is 0 Å². The van der Waals surface area contributed by atoms with Crippen molar-refractivity contribution in [2.75, 3.05) is 13.2 Å². The normalized spacial score (nSPS) is 14.8. The molecule has 0 aliphatic carbocycles. The summed E-state index contributed by atoms with van der Waals surface area (Å²) in [5.74, 6) is 1.17. The summed E-state index contributed by atoms with van der Waals surface area (Å²) < 4.78 is 12.2. The molecule has 2 aromatic carbocycles. The van der Waals surface area contributed by atoms with Crippen molar-refractivity contribution in [1.82, 2.24) is 0 Å². The highest BCUT2D eigenvalue weighted by molar-refractivity contribution is 14.1.